The molecule has 1 aromatic rings. The zero-order chi connectivity index (χ0) is 14.6. The van der Waals surface area contributed by atoms with Crippen molar-refractivity contribution in [2.45, 2.75) is 40.2 Å². The highest BCUT2D eigenvalue weighted by Crippen LogP contribution is 2.19. The third-order valence-electron chi connectivity index (χ3n) is 2.85. The van der Waals surface area contributed by atoms with Crippen LogP contribution in [0.2, 0.25) is 0 Å². The maximum Gasteiger partial charge on any atom is 0.251 e. The molecule has 1 atom stereocenters. The Bertz CT molecular complexity index is 450. The number of carbonyl (C=O) groups is 1. The molecule has 0 aliphatic rings. The summed E-state index contributed by atoms with van der Waals surface area (Å²) in [5.74, 6) is 0.0142. The van der Waals surface area contributed by atoms with Gasteiger partial charge in [-0.15, -0.1) is 0 Å². The second kappa shape index (κ2) is 6.06. The van der Waals surface area contributed by atoms with Crippen molar-refractivity contribution < 1.29 is 9.90 Å². The minimum absolute atomic E-state index is 0.0543. The molecule has 0 saturated carbocycles. The average molecular weight is 264 g/mol. The van der Waals surface area contributed by atoms with Crippen LogP contribution in [0.15, 0.2) is 18.2 Å². The molecular weight excluding hydrogens is 240 g/mol. The number of benzene rings is 1. The monoisotopic (exact) mass is 264 g/mol. The summed E-state index contributed by atoms with van der Waals surface area (Å²) in [6.07, 6.45) is 0.849. The Hall–Kier alpha value is -1.55. The summed E-state index contributed by atoms with van der Waals surface area (Å²) in [5.41, 5.74) is 7.47. The number of aromatic hydroxyl groups is 1. The lowest BCUT2D eigenvalue weighted by Gasteiger charge is -2.23. The molecule has 4 heteroatoms. The van der Waals surface area contributed by atoms with E-state index >= 15 is 0 Å². The van der Waals surface area contributed by atoms with Crippen molar-refractivity contribution in [2.24, 2.45) is 11.1 Å². The van der Waals surface area contributed by atoms with E-state index < -0.39 is 0 Å². The second-order valence-electron chi connectivity index (χ2n) is 6.23. The molecule has 0 radical (unpaired) electrons. The van der Waals surface area contributed by atoms with E-state index in [2.05, 4.69) is 26.1 Å². The number of aryl methyl sites for hydroxylation is 1. The van der Waals surface area contributed by atoms with E-state index in [-0.39, 0.29) is 23.1 Å². The van der Waals surface area contributed by atoms with Crippen LogP contribution in [0.1, 0.15) is 43.1 Å². The van der Waals surface area contributed by atoms with Gasteiger partial charge >= 0.3 is 0 Å². The molecule has 0 fully saturated rings. The predicted octanol–water partition coefficient (Wildman–Crippen LogP) is 2.19. The van der Waals surface area contributed by atoms with Crippen molar-refractivity contribution in [2.75, 3.05) is 6.54 Å². The van der Waals surface area contributed by atoms with E-state index in [0.29, 0.717) is 12.1 Å². The number of rotatable bonds is 4. The molecule has 0 aliphatic carbocycles. The van der Waals surface area contributed by atoms with Gasteiger partial charge in [-0.1, -0.05) is 20.8 Å². The SMILES string of the molecule is Cc1cc(O)ccc1C(=O)NCC(N)CC(C)(C)C. The molecule has 0 aromatic heterocycles. The van der Waals surface area contributed by atoms with Crippen molar-refractivity contribution in [1.29, 1.82) is 0 Å². The number of hydrogen-bond donors (Lipinski definition) is 3. The molecule has 0 heterocycles. The first-order valence-electron chi connectivity index (χ1n) is 6.52. The number of amides is 1. The first-order valence-corrected chi connectivity index (χ1v) is 6.52. The molecule has 1 unspecified atom stereocenters. The normalized spacial score (nSPS) is 13.1. The van der Waals surface area contributed by atoms with Gasteiger partial charge in [0.2, 0.25) is 0 Å². The van der Waals surface area contributed by atoms with E-state index in [1.165, 1.54) is 6.07 Å². The van der Waals surface area contributed by atoms with Crippen LogP contribution in [0.5, 0.6) is 5.75 Å². The third-order valence-corrected chi connectivity index (χ3v) is 2.85. The van der Waals surface area contributed by atoms with Crippen molar-refractivity contribution in [3.05, 3.63) is 29.3 Å². The molecule has 0 bridgehead atoms. The van der Waals surface area contributed by atoms with Crippen LogP contribution >= 0.6 is 0 Å². The molecule has 0 saturated heterocycles. The van der Waals surface area contributed by atoms with Gasteiger partial charge in [0.1, 0.15) is 5.75 Å². The van der Waals surface area contributed by atoms with Crippen LogP contribution in [0.25, 0.3) is 0 Å². The Kier molecular flexibility index (Phi) is 4.95. The Morgan fingerprint density at radius 1 is 1.42 bits per heavy atom. The first-order chi connectivity index (χ1) is 8.69. The highest BCUT2D eigenvalue weighted by atomic mass is 16.3. The van der Waals surface area contributed by atoms with Gasteiger partial charge in [0.15, 0.2) is 0 Å². The number of carbonyl (C=O) groups excluding carboxylic acids is 1. The summed E-state index contributed by atoms with van der Waals surface area (Å²) in [6.45, 7) is 8.62. The van der Waals surface area contributed by atoms with Gasteiger partial charge in [0.05, 0.1) is 0 Å². The summed E-state index contributed by atoms with van der Waals surface area (Å²) < 4.78 is 0. The van der Waals surface area contributed by atoms with Gasteiger partial charge in [-0.25, -0.2) is 0 Å². The van der Waals surface area contributed by atoms with E-state index in [4.69, 9.17) is 5.73 Å². The zero-order valence-corrected chi connectivity index (χ0v) is 12.2. The fourth-order valence-electron chi connectivity index (χ4n) is 2.08. The first kappa shape index (κ1) is 15.5. The van der Waals surface area contributed by atoms with Gasteiger partial charge in [-0.3, -0.25) is 4.79 Å². The standard InChI is InChI=1S/C15H24N2O2/c1-10-7-12(18)5-6-13(10)14(19)17-9-11(16)8-15(2,3)4/h5-7,11,18H,8-9,16H2,1-4H3,(H,17,19). The summed E-state index contributed by atoms with van der Waals surface area (Å²) in [7, 11) is 0. The molecule has 106 valence electrons. The smallest absolute Gasteiger partial charge is 0.251 e. The topological polar surface area (TPSA) is 75.3 Å². The number of phenolic OH excluding ortho intramolecular Hbond substituents is 1. The van der Waals surface area contributed by atoms with Gasteiger partial charge in [-0.05, 0) is 42.5 Å². The van der Waals surface area contributed by atoms with Crippen LogP contribution in [0.3, 0.4) is 0 Å². The lowest BCUT2D eigenvalue weighted by atomic mass is 9.88. The minimum Gasteiger partial charge on any atom is -0.508 e. The molecule has 0 spiro atoms. The van der Waals surface area contributed by atoms with Gasteiger partial charge in [0, 0.05) is 18.2 Å². The third kappa shape index (κ3) is 5.30. The lowest BCUT2D eigenvalue weighted by Crippen LogP contribution is -2.39. The summed E-state index contributed by atoms with van der Waals surface area (Å²) in [4.78, 5) is 12.0. The fourth-order valence-corrected chi connectivity index (χ4v) is 2.08. The van der Waals surface area contributed by atoms with Gasteiger partial charge < -0.3 is 16.2 Å². The second-order valence-corrected chi connectivity index (χ2v) is 6.23. The predicted molar refractivity (Wildman–Crippen MR) is 77.2 cm³/mol. The molecular formula is C15H24N2O2. The van der Waals surface area contributed by atoms with Crippen LogP contribution in [0, 0.1) is 12.3 Å². The summed E-state index contributed by atoms with van der Waals surface area (Å²) >= 11 is 0. The Labute approximate surface area is 115 Å². The number of phenols is 1. The quantitative estimate of drug-likeness (QED) is 0.780. The van der Waals surface area contributed by atoms with Crippen LogP contribution in [0.4, 0.5) is 0 Å². The van der Waals surface area contributed by atoms with Crippen LogP contribution in [-0.4, -0.2) is 23.6 Å². The van der Waals surface area contributed by atoms with Crippen LogP contribution < -0.4 is 11.1 Å². The molecule has 1 rings (SSSR count). The highest BCUT2D eigenvalue weighted by Gasteiger charge is 2.17. The molecule has 1 amide bonds. The minimum atomic E-state index is -0.151. The van der Waals surface area contributed by atoms with Gasteiger partial charge in [0.25, 0.3) is 5.91 Å². The fraction of sp³-hybridized carbons (Fsp3) is 0.533. The molecule has 4 N–H and O–H groups in total. The molecule has 1 aromatic carbocycles. The molecule has 0 aliphatic heterocycles. The van der Waals surface area contributed by atoms with Gasteiger partial charge in [-0.2, -0.15) is 0 Å². The summed E-state index contributed by atoms with van der Waals surface area (Å²) in [5, 5.41) is 12.1. The van der Waals surface area contributed by atoms with Crippen molar-refractivity contribution in [3.8, 4) is 5.75 Å². The van der Waals surface area contributed by atoms with Crippen molar-refractivity contribution in [1.82, 2.24) is 5.32 Å². The zero-order valence-electron chi connectivity index (χ0n) is 12.2. The Morgan fingerprint density at radius 2 is 2.05 bits per heavy atom. The largest absolute Gasteiger partial charge is 0.508 e. The van der Waals surface area contributed by atoms with E-state index in [1.807, 2.05) is 0 Å². The van der Waals surface area contributed by atoms with Crippen LogP contribution in [-0.2, 0) is 0 Å². The van der Waals surface area contributed by atoms with E-state index in [9.17, 15) is 9.90 Å². The maximum absolute atomic E-state index is 12.0. The van der Waals surface area contributed by atoms with Crippen molar-refractivity contribution in [3.63, 3.8) is 0 Å². The van der Waals surface area contributed by atoms with E-state index in [0.717, 1.165) is 12.0 Å². The maximum atomic E-state index is 12.0. The number of nitrogens with two attached hydrogens (primary N) is 1. The Balaban J connectivity index is 2.56. The number of nitrogens with one attached hydrogen (secondary N) is 1. The molecule has 4 nitrogen and oxygen atoms in total. The summed E-state index contributed by atoms with van der Waals surface area (Å²) in [6, 6.07) is 4.65. The highest BCUT2D eigenvalue weighted by molar-refractivity contribution is 5.95. The van der Waals surface area contributed by atoms with Crippen molar-refractivity contribution >= 4 is 5.91 Å². The number of hydrogen-bond acceptors (Lipinski definition) is 3. The van der Waals surface area contributed by atoms with E-state index in [1.54, 1.807) is 19.1 Å². The average Bonchev–Trinajstić information content (AvgIpc) is 2.23. The lowest BCUT2D eigenvalue weighted by molar-refractivity contribution is 0.0948. The molecule has 19 heavy (non-hydrogen) atoms. The Morgan fingerprint density at radius 3 is 2.58 bits per heavy atom.